The SMILES string of the molecule is CCC1(C)CN(C2CCOC2)CCN1. The van der Waals surface area contributed by atoms with Gasteiger partial charge in [-0.15, -0.1) is 0 Å². The van der Waals surface area contributed by atoms with E-state index >= 15 is 0 Å². The van der Waals surface area contributed by atoms with Crippen LogP contribution in [-0.4, -0.2) is 49.3 Å². The minimum absolute atomic E-state index is 0.320. The summed E-state index contributed by atoms with van der Waals surface area (Å²) in [5, 5.41) is 3.62. The lowest BCUT2D eigenvalue weighted by molar-refractivity contribution is 0.0852. The Balaban J connectivity index is 1.93. The van der Waals surface area contributed by atoms with E-state index in [1.807, 2.05) is 0 Å². The molecule has 2 saturated heterocycles. The molecule has 0 bridgehead atoms. The van der Waals surface area contributed by atoms with E-state index in [1.54, 1.807) is 0 Å². The number of nitrogens with zero attached hydrogens (tertiary/aromatic N) is 1. The number of nitrogens with one attached hydrogen (secondary N) is 1. The molecule has 0 aliphatic carbocycles. The minimum atomic E-state index is 0.320. The van der Waals surface area contributed by atoms with Gasteiger partial charge in [0, 0.05) is 37.8 Å². The molecule has 14 heavy (non-hydrogen) atoms. The minimum Gasteiger partial charge on any atom is -0.380 e. The average Bonchev–Trinajstić information content (AvgIpc) is 2.71. The molecular formula is C11H22N2O. The summed E-state index contributed by atoms with van der Waals surface area (Å²) >= 11 is 0. The Hall–Kier alpha value is -0.120. The largest absolute Gasteiger partial charge is 0.380 e. The van der Waals surface area contributed by atoms with Crippen LogP contribution < -0.4 is 5.32 Å². The predicted octanol–water partition coefficient (Wildman–Crippen LogP) is 0.849. The third kappa shape index (κ3) is 2.10. The van der Waals surface area contributed by atoms with Gasteiger partial charge in [-0.05, 0) is 19.8 Å². The fourth-order valence-electron chi connectivity index (χ4n) is 2.44. The number of hydrogen-bond acceptors (Lipinski definition) is 3. The van der Waals surface area contributed by atoms with E-state index in [2.05, 4.69) is 24.1 Å². The molecule has 0 aromatic carbocycles. The molecule has 2 aliphatic rings. The van der Waals surface area contributed by atoms with Crippen LogP contribution in [0.2, 0.25) is 0 Å². The molecule has 2 atom stereocenters. The normalized spacial score (nSPS) is 40.3. The van der Waals surface area contributed by atoms with Gasteiger partial charge in [-0.3, -0.25) is 4.90 Å². The lowest BCUT2D eigenvalue weighted by Crippen LogP contribution is -2.60. The van der Waals surface area contributed by atoms with Crippen LogP contribution in [0.25, 0.3) is 0 Å². The van der Waals surface area contributed by atoms with Crippen molar-refractivity contribution in [1.82, 2.24) is 10.2 Å². The topological polar surface area (TPSA) is 24.5 Å². The Labute approximate surface area is 86.8 Å². The van der Waals surface area contributed by atoms with Crippen LogP contribution in [0.1, 0.15) is 26.7 Å². The summed E-state index contributed by atoms with van der Waals surface area (Å²) in [5.41, 5.74) is 0.320. The molecule has 0 aromatic heterocycles. The van der Waals surface area contributed by atoms with Crippen LogP contribution in [0.4, 0.5) is 0 Å². The van der Waals surface area contributed by atoms with Crippen molar-refractivity contribution in [2.24, 2.45) is 0 Å². The van der Waals surface area contributed by atoms with E-state index in [1.165, 1.54) is 25.9 Å². The van der Waals surface area contributed by atoms with Gasteiger partial charge in [0.25, 0.3) is 0 Å². The zero-order chi connectivity index (χ0) is 10.0. The van der Waals surface area contributed by atoms with Crippen LogP contribution in [0, 0.1) is 0 Å². The summed E-state index contributed by atoms with van der Waals surface area (Å²) in [6.45, 7) is 9.98. The van der Waals surface area contributed by atoms with E-state index in [9.17, 15) is 0 Å². The van der Waals surface area contributed by atoms with E-state index < -0.39 is 0 Å². The number of ether oxygens (including phenoxy) is 1. The highest BCUT2D eigenvalue weighted by Crippen LogP contribution is 2.20. The van der Waals surface area contributed by atoms with Gasteiger partial charge in [-0.1, -0.05) is 6.92 Å². The Kier molecular flexibility index (Phi) is 3.10. The van der Waals surface area contributed by atoms with Crippen molar-refractivity contribution in [3.8, 4) is 0 Å². The zero-order valence-corrected chi connectivity index (χ0v) is 9.38. The van der Waals surface area contributed by atoms with E-state index in [4.69, 9.17) is 4.74 Å². The molecule has 2 heterocycles. The second kappa shape index (κ2) is 4.17. The van der Waals surface area contributed by atoms with Crippen molar-refractivity contribution in [2.75, 3.05) is 32.8 Å². The standard InChI is InChI=1S/C11H22N2O/c1-3-11(2)9-13(6-5-12-11)10-4-7-14-8-10/h10,12H,3-9H2,1-2H3. The summed E-state index contributed by atoms with van der Waals surface area (Å²) in [7, 11) is 0. The number of hydrogen-bond donors (Lipinski definition) is 1. The quantitative estimate of drug-likeness (QED) is 0.712. The molecule has 2 rings (SSSR count). The van der Waals surface area contributed by atoms with Crippen molar-refractivity contribution in [2.45, 2.75) is 38.3 Å². The van der Waals surface area contributed by atoms with Gasteiger partial charge >= 0.3 is 0 Å². The smallest absolute Gasteiger partial charge is 0.0622 e. The van der Waals surface area contributed by atoms with E-state index in [-0.39, 0.29) is 0 Å². The molecular weight excluding hydrogens is 176 g/mol. The maximum absolute atomic E-state index is 5.45. The van der Waals surface area contributed by atoms with Crippen molar-refractivity contribution in [3.05, 3.63) is 0 Å². The summed E-state index contributed by atoms with van der Waals surface area (Å²) in [6.07, 6.45) is 2.43. The van der Waals surface area contributed by atoms with E-state index in [0.717, 1.165) is 19.8 Å². The molecule has 2 aliphatic heterocycles. The summed E-state index contributed by atoms with van der Waals surface area (Å²) < 4.78 is 5.45. The van der Waals surface area contributed by atoms with Crippen molar-refractivity contribution in [1.29, 1.82) is 0 Å². The molecule has 82 valence electrons. The third-order valence-electron chi connectivity index (χ3n) is 3.71. The molecule has 0 saturated carbocycles. The Morgan fingerprint density at radius 2 is 2.43 bits per heavy atom. The van der Waals surface area contributed by atoms with Gasteiger partial charge in [0.05, 0.1) is 6.61 Å². The van der Waals surface area contributed by atoms with Gasteiger partial charge in [-0.2, -0.15) is 0 Å². The molecule has 0 spiro atoms. The molecule has 3 heteroatoms. The molecule has 2 unspecified atom stereocenters. The Morgan fingerprint density at radius 3 is 3.07 bits per heavy atom. The Morgan fingerprint density at radius 1 is 1.57 bits per heavy atom. The summed E-state index contributed by atoms with van der Waals surface area (Å²) in [5.74, 6) is 0. The molecule has 2 fully saturated rings. The van der Waals surface area contributed by atoms with Gasteiger partial charge in [0.15, 0.2) is 0 Å². The van der Waals surface area contributed by atoms with E-state index in [0.29, 0.717) is 11.6 Å². The molecule has 0 amide bonds. The molecule has 1 N–H and O–H groups in total. The molecule has 0 aromatic rings. The van der Waals surface area contributed by atoms with Gasteiger partial charge in [-0.25, -0.2) is 0 Å². The summed E-state index contributed by atoms with van der Waals surface area (Å²) in [4.78, 5) is 2.60. The fourth-order valence-corrected chi connectivity index (χ4v) is 2.44. The second-order valence-electron chi connectivity index (χ2n) is 4.83. The first kappa shape index (κ1) is 10.4. The van der Waals surface area contributed by atoms with Crippen molar-refractivity contribution >= 4 is 0 Å². The highest BCUT2D eigenvalue weighted by Gasteiger charge is 2.33. The summed E-state index contributed by atoms with van der Waals surface area (Å²) in [6, 6.07) is 0.683. The number of rotatable bonds is 2. The fraction of sp³-hybridized carbons (Fsp3) is 1.00. The maximum atomic E-state index is 5.45. The third-order valence-corrected chi connectivity index (χ3v) is 3.71. The van der Waals surface area contributed by atoms with Crippen LogP contribution in [0.15, 0.2) is 0 Å². The van der Waals surface area contributed by atoms with Crippen LogP contribution in [0.3, 0.4) is 0 Å². The maximum Gasteiger partial charge on any atom is 0.0622 e. The lowest BCUT2D eigenvalue weighted by atomic mass is 9.95. The Bertz CT molecular complexity index is 192. The van der Waals surface area contributed by atoms with Crippen LogP contribution in [0.5, 0.6) is 0 Å². The average molecular weight is 198 g/mol. The van der Waals surface area contributed by atoms with Gasteiger partial charge in [0.2, 0.25) is 0 Å². The van der Waals surface area contributed by atoms with Crippen LogP contribution >= 0.6 is 0 Å². The first-order valence-corrected chi connectivity index (χ1v) is 5.80. The van der Waals surface area contributed by atoms with Gasteiger partial charge < -0.3 is 10.1 Å². The second-order valence-corrected chi connectivity index (χ2v) is 4.83. The molecule has 3 nitrogen and oxygen atoms in total. The zero-order valence-electron chi connectivity index (χ0n) is 9.38. The van der Waals surface area contributed by atoms with Gasteiger partial charge in [0.1, 0.15) is 0 Å². The van der Waals surface area contributed by atoms with Crippen molar-refractivity contribution in [3.63, 3.8) is 0 Å². The molecule has 0 radical (unpaired) electrons. The van der Waals surface area contributed by atoms with Crippen molar-refractivity contribution < 1.29 is 4.74 Å². The number of piperazine rings is 1. The first-order chi connectivity index (χ1) is 6.73. The first-order valence-electron chi connectivity index (χ1n) is 5.80. The predicted molar refractivity (Wildman–Crippen MR) is 57.5 cm³/mol. The van der Waals surface area contributed by atoms with Crippen LogP contribution in [-0.2, 0) is 4.74 Å². The highest BCUT2D eigenvalue weighted by molar-refractivity contribution is 4.92. The monoisotopic (exact) mass is 198 g/mol. The highest BCUT2D eigenvalue weighted by atomic mass is 16.5. The lowest BCUT2D eigenvalue weighted by Gasteiger charge is -2.43.